The van der Waals surface area contributed by atoms with E-state index in [1.54, 1.807) is 20.1 Å². The van der Waals surface area contributed by atoms with Crippen LogP contribution in [0.25, 0.3) is 10.8 Å². The molecule has 0 bridgehead atoms. The summed E-state index contributed by atoms with van der Waals surface area (Å²) in [4.78, 5) is 11.3. The standard InChI is InChI=1S/C14H14O3/c1-3-14(15)17-13-6-4-5-10-9-11(16-2)7-8-12(10)13/h4-9H,3H2,1-2H3. The molecule has 0 unspecified atom stereocenters. The van der Waals surface area contributed by atoms with Gasteiger partial charge >= 0.3 is 5.97 Å². The number of esters is 1. The molecule has 0 saturated carbocycles. The number of benzene rings is 2. The van der Waals surface area contributed by atoms with Gasteiger partial charge in [0.15, 0.2) is 0 Å². The number of methoxy groups -OCH3 is 1. The van der Waals surface area contributed by atoms with E-state index in [4.69, 9.17) is 9.47 Å². The summed E-state index contributed by atoms with van der Waals surface area (Å²) in [6, 6.07) is 11.3. The molecule has 2 aromatic carbocycles. The highest BCUT2D eigenvalue weighted by molar-refractivity contribution is 5.91. The maximum Gasteiger partial charge on any atom is 0.310 e. The highest BCUT2D eigenvalue weighted by Gasteiger charge is 2.06. The van der Waals surface area contributed by atoms with Gasteiger partial charge in [-0.3, -0.25) is 4.79 Å². The third kappa shape index (κ3) is 2.38. The molecule has 0 N–H and O–H groups in total. The van der Waals surface area contributed by atoms with E-state index >= 15 is 0 Å². The zero-order valence-corrected chi connectivity index (χ0v) is 9.90. The topological polar surface area (TPSA) is 35.5 Å². The first-order chi connectivity index (χ1) is 8.24. The zero-order chi connectivity index (χ0) is 12.3. The summed E-state index contributed by atoms with van der Waals surface area (Å²) in [5.41, 5.74) is 0. The highest BCUT2D eigenvalue weighted by atomic mass is 16.5. The number of carbonyl (C=O) groups is 1. The van der Waals surface area contributed by atoms with Crippen LogP contribution >= 0.6 is 0 Å². The van der Waals surface area contributed by atoms with E-state index in [1.165, 1.54) is 0 Å². The molecule has 0 radical (unpaired) electrons. The van der Waals surface area contributed by atoms with Crippen LogP contribution in [-0.4, -0.2) is 13.1 Å². The van der Waals surface area contributed by atoms with Crippen molar-refractivity contribution in [2.75, 3.05) is 7.11 Å². The summed E-state index contributed by atoms with van der Waals surface area (Å²) in [6.45, 7) is 1.77. The van der Waals surface area contributed by atoms with Crippen molar-refractivity contribution >= 4 is 16.7 Å². The Hall–Kier alpha value is -2.03. The fourth-order valence-corrected chi connectivity index (χ4v) is 1.64. The normalized spacial score (nSPS) is 10.2. The summed E-state index contributed by atoms with van der Waals surface area (Å²) in [5.74, 6) is 1.15. The van der Waals surface area contributed by atoms with Gasteiger partial charge in [-0.15, -0.1) is 0 Å². The molecule has 0 aliphatic heterocycles. The Balaban J connectivity index is 2.46. The van der Waals surface area contributed by atoms with E-state index in [2.05, 4.69) is 0 Å². The molecule has 0 heterocycles. The van der Waals surface area contributed by atoms with Crippen molar-refractivity contribution in [3.8, 4) is 11.5 Å². The van der Waals surface area contributed by atoms with Gasteiger partial charge in [0.05, 0.1) is 7.11 Å². The highest BCUT2D eigenvalue weighted by Crippen LogP contribution is 2.28. The minimum Gasteiger partial charge on any atom is -0.497 e. The van der Waals surface area contributed by atoms with Crippen LogP contribution in [0.2, 0.25) is 0 Å². The van der Waals surface area contributed by atoms with Gasteiger partial charge in [0.1, 0.15) is 11.5 Å². The van der Waals surface area contributed by atoms with Crippen LogP contribution in [0.4, 0.5) is 0 Å². The molecule has 2 aromatic rings. The van der Waals surface area contributed by atoms with Crippen molar-refractivity contribution in [3.63, 3.8) is 0 Å². The molecule has 0 saturated heterocycles. The minimum atomic E-state index is -0.228. The Kier molecular flexibility index (Phi) is 3.28. The van der Waals surface area contributed by atoms with Crippen molar-refractivity contribution in [1.29, 1.82) is 0 Å². The van der Waals surface area contributed by atoms with E-state index in [1.807, 2.05) is 30.3 Å². The number of rotatable bonds is 3. The zero-order valence-electron chi connectivity index (χ0n) is 9.90. The van der Waals surface area contributed by atoms with Gasteiger partial charge in [-0.2, -0.15) is 0 Å². The lowest BCUT2D eigenvalue weighted by Crippen LogP contribution is -2.05. The lowest BCUT2D eigenvalue weighted by Gasteiger charge is -2.08. The number of carbonyl (C=O) groups excluding carboxylic acids is 1. The lowest BCUT2D eigenvalue weighted by molar-refractivity contribution is -0.133. The van der Waals surface area contributed by atoms with E-state index in [0.29, 0.717) is 12.2 Å². The molecule has 0 aliphatic carbocycles. The van der Waals surface area contributed by atoms with Crippen LogP contribution in [0.1, 0.15) is 13.3 Å². The number of hydrogen-bond acceptors (Lipinski definition) is 3. The van der Waals surface area contributed by atoms with Crippen molar-refractivity contribution in [2.24, 2.45) is 0 Å². The minimum absolute atomic E-state index is 0.228. The third-order valence-corrected chi connectivity index (χ3v) is 2.56. The predicted molar refractivity (Wildman–Crippen MR) is 66.4 cm³/mol. The van der Waals surface area contributed by atoms with Crippen molar-refractivity contribution < 1.29 is 14.3 Å². The van der Waals surface area contributed by atoms with Crippen molar-refractivity contribution in [3.05, 3.63) is 36.4 Å². The van der Waals surface area contributed by atoms with Gasteiger partial charge in [-0.1, -0.05) is 19.1 Å². The number of fused-ring (bicyclic) bond motifs is 1. The first kappa shape index (κ1) is 11.5. The van der Waals surface area contributed by atoms with Gasteiger partial charge < -0.3 is 9.47 Å². The van der Waals surface area contributed by atoms with Crippen LogP contribution < -0.4 is 9.47 Å². The lowest BCUT2D eigenvalue weighted by atomic mass is 10.1. The smallest absolute Gasteiger partial charge is 0.310 e. The Bertz CT molecular complexity index is 546. The van der Waals surface area contributed by atoms with Gasteiger partial charge in [0, 0.05) is 11.8 Å². The second-order valence-electron chi connectivity index (χ2n) is 3.67. The molecular weight excluding hydrogens is 216 g/mol. The predicted octanol–water partition coefficient (Wildman–Crippen LogP) is 3.16. The molecule has 0 aliphatic rings. The SMILES string of the molecule is CCC(=O)Oc1cccc2cc(OC)ccc12. The summed E-state index contributed by atoms with van der Waals surface area (Å²) in [5, 5.41) is 1.90. The number of hydrogen-bond donors (Lipinski definition) is 0. The van der Waals surface area contributed by atoms with Crippen LogP contribution in [-0.2, 0) is 4.79 Å². The van der Waals surface area contributed by atoms with Crippen LogP contribution in [0.5, 0.6) is 11.5 Å². The Morgan fingerprint density at radius 2 is 2.06 bits per heavy atom. The monoisotopic (exact) mass is 230 g/mol. The quantitative estimate of drug-likeness (QED) is 0.600. The third-order valence-electron chi connectivity index (χ3n) is 2.56. The molecule has 0 amide bonds. The maximum absolute atomic E-state index is 11.3. The van der Waals surface area contributed by atoms with E-state index in [9.17, 15) is 4.79 Å². The Labute approximate surface area is 100.0 Å². The van der Waals surface area contributed by atoms with Crippen LogP contribution in [0.3, 0.4) is 0 Å². The first-order valence-corrected chi connectivity index (χ1v) is 5.52. The molecule has 88 valence electrons. The summed E-state index contributed by atoms with van der Waals surface area (Å²) < 4.78 is 10.4. The fraction of sp³-hybridized carbons (Fsp3) is 0.214. The van der Waals surface area contributed by atoms with Crippen molar-refractivity contribution in [1.82, 2.24) is 0 Å². The van der Waals surface area contributed by atoms with Gasteiger partial charge in [0.25, 0.3) is 0 Å². The van der Waals surface area contributed by atoms with Gasteiger partial charge in [-0.25, -0.2) is 0 Å². The van der Waals surface area contributed by atoms with E-state index < -0.39 is 0 Å². The molecule has 17 heavy (non-hydrogen) atoms. The summed E-state index contributed by atoms with van der Waals surface area (Å²) in [7, 11) is 1.63. The first-order valence-electron chi connectivity index (χ1n) is 5.52. The largest absolute Gasteiger partial charge is 0.497 e. The molecular formula is C14H14O3. The molecule has 0 fully saturated rings. The van der Waals surface area contributed by atoms with Gasteiger partial charge in [0.2, 0.25) is 0 Å². The second-order valence-corrected chi connectivity index (χ2v) is 3.67. The molecule has 3 nitrogen and oxygen atoms in total. The summed E-state index contributed by atoms with van der Waals surface area (Å²) in [6.07, 6.45) is 0.368. The fourth-order valence-electron chi connectivity index (χ4n) is 1.64. The Morgan fingerprint density at radius 3 is 2.76 bits per heavy atom. The average Bonchev–Trinajstić information content (AvgIpc) is 2.38. The Morgan fingerprint density at radius 1 is 1.24 bits per heavy atom. The molecule has 0 spiro atoms. The van der Waals surface area contributed by atoms with Crippen LogP contribution in [0.15, 0.2) is 36.4 Å². The maximum atomic E-state index is 11.3. The van der Waals surface area contributed by atoms with Gasteiger partial charge in [-0.05, 0) is 29.7 Å². The second kappa shape index (κ2) is 4.87. The van der Waals surface area contributed by atoms with Crippen molar-refractivity contribution in [2.45, 2.75) is 13.3 Å². The molecule has 3 heteroatoms. The van der Waals surface area contributed by atoms with Crippen LogP contribution in [0, 0.1) is 0 Å². The molecule has 0 aromatic heterocycles. The number of ether oxygens (including phenoxy) is 2. The van der Waals surface area contributed by atoms with E-state index in [-0.39, 0.29) is 5.97 Å². The molecule has 2 rings (SSSR count). The van der Waals surface area contributed by atoms with E-state index in [0.717, 1.165) is 16.5 Å². The molecule has 0 atom stereocenters. The summed E-state index contributed by atoms with van der Waals surface area (Å²) >= 11 is 0. The average molecular weight is 230 g/mol.